The highest BCUT2D eigenvalue weighted by molar-refractivity contribution is 6.35. The van der Waals surface area contributed by atoms with Gasteiger partial charge in [-0.05, 0) is 44.4 Å². The Kier molecular flexibility index (Phi) is 5.53. The molecule has 3 N–H and O–H groups in total. The van der Waals surface area contributed by atoms with Gasteiger partial charge >= 0.3 is 0 Å². The Morgan fingerprint density at radius 3 is 2.89 bits per heavy atom. The van der Waals surface area contributed by atoms with Crippen molar-refractivity contribution in [1.82, 2.24) is 34.8 Å². The predicted molar refractivity (Wildman–Crippen MR) is 130 cm³/mol. The molecule has 0 radical (unpaired) electrons. The Labute approximate surface area is 206 Å². The van der Waals surface area contributed by atoms with Crippen molar-refractivity contribution in [2.24, 2.45) is 5.92 Å². The quantitative estimate of drug-likeness (QED) is 0.336. The van der Waals surface area contributed by atoms with Crippen LogP contribution < -0.4 is 10.6 Å². The van der Waals surface area contributed by atoms with Crippen molar-refractivity contribution in [3.05, 3.63) is 29.2 Å². The lowest BCUT2D eigenvalue weighted by atomic mass is 10.0. The van der Waals surface area contributed by atoms with Crippen LogP contribution in [-0.2, 0) is 4.79 Å². The monoisotopic (exact) mass is 492 g/mol. The summed E-state index contributed by atoms with van der Waals surface area (Å²) in [5.74, 6) is 1.09. The third kappa shape index (κ3) is 4.66. The number of likely N-dealkylation sites (tertiary alicyclic amines) is 1. The maximum Gasteiger partial charge on any atom is 0.264 e. The molecular formula is C23H25ClN10O. The van der Waals surface area contributed by atoms with Crippen LogP contribution in [0.5, 0.6) is 0 Å². The lowest BCUT2D eigenvalue weighted by Crippen LogP contribution is -2.45. The molecule has 35 heavy (non-hydrogen) atoms. The highest BCUT2D eigenvalue weighted by Gasteiger charge is 2.29. The number of aromatic nitrogens is 6. The number of nitrogens with one attached hydrogen (secondary N) is 3. The van der Waals surface area contributed by atoms with E-state index in [0.29, 0.717) is 53.0 Å². The molecule has 1 aliphatic heterocycles. The summed E-state index contributed by atoms with van der Waals surface area (Å²) in [6, 6.07) is 2.52. The number of rotatable bonds is 7. The van der Waals surface area contributed by atoms with Crippen LogP contribution in [0.2, 0.25) is 5.15 Å². The number of carbonyl (C=O) groups excluding carboxylic acids is 1. The van der Waals surface area contributed by atoms with Crippen molar-refractivity contribution < 1.29 is 4.79 Å². The van der Waals surface area contributed by atoms with Crippen LogP contribution >= 0.6 is 11.6 Å². The molecule has 2 saturated carbocycles. The number of H-pyrrole nitrogens is 1. The fourth-order valence-corrected chi connectivity index (χ4v) is 4.64. The first kappa shape index (κ1) is 21.9. The smallest absolute Gasteiger partial charge is 0.264 e. The summed E-state index contributed by atoms with van der Waals surface area (Å²) in [5, 5.41) is 28.5. The number of allylic oxidation sites excluding steroid dienone is 1. The number of fused-ring (bicyclic) bond motifs is 1. The average Bonchev–Trinajstić information content (AvgIpc) is 3.79. The lowest BCUT2D eigenvalue weighted by molar-refractivity contribution is -0.127. The van der Waals surface area contributed by atoms with E-state index in [2.05, 4.69) is 42.0 Å². The van der Waals surface area contributed by atoms with Crippen LogP contribution in [0, 0.1) is 17.2 Å². The molecule has 2 aliphatic carbocycles. The zero-order valence-corrected chi connectivity index (χ0v) is 19.8. The van der Waals surface area contributed by atoms with E-state index in [1.54, 1.807) is 11.1 Å². The van der Waals surface area contributed by atoms with Crippen molar-refractivity contribution in [3.63, 3.8) is 0 Å². The highest BCUT2D eigenvalue weighted by Crippen LogP contribution is 2.35. The van der Waals surface area contributed by atoms with E-state index >= 15 is 0 Å². The van der Waals surface area contributed by atoms with Crippen molar-refractivity contribution in [3.8, 4) is 6.07 Å². The molecule has 3 fully saturated rings. The Balaban J connectivity index is 1.21. The SMILES string of the molecule is N#C/C(=C\C1CC1)C(=O)N1CCC[C@@H](Nc2nc(Nc3cnn(C4CC4)c3)nc3n[nH]c(Cl)c23)C1. The normalized spacial score (nSPS) is 20.6. The second kappa shape index (κ2) is 8.85. The molecule has 3 aliphatic rings. The summed E-state index contributed by atoms with van der Waals surface area (Å²) in [4.78, 5) is 23.9. The Morgan fingerprint density at radius 1 is 1.26 bits per heavy atom. The predicted octanol–water partition coefficient (Wildman–Crippen LogP) is 3.54. The van der Waals surface area contributed by atoms with E-state index in [1.165, 1.54) is 0 Å². The van der Waals surface area contributed by atoms with Gasteiger partial charge < -0.3 is 15.5 Å². The van der Waals surface area contributed by atoms with Gasteiger partial charge in [-0.15, -0.1) is 0 Å². The molecule has 6 rings (SSSR count). The van der Waals surface area contributed by atoms with Crippen molar-refractivity contribution >= 4 is 46.0 Å². The molecule has 0 aromatic carbocycles. The Bertz CT molecular complexity index is 1350. The van der Waals surface area contributed by atoms with Gasteiger partial charge in [-0.25, -0.2) is 0 Å². The number of piperidine rings is 1. The molecule has 1 saturated heterocycles. The molecule has 0 bridgehead atoms. The van der Waals surface area contributed by atoms with E-state index in [0.717, 1.165) is 44.2 Å². The van der Waals surface area contributed by atoms with Gasteiger partial charge in [-0.3, -0.25) is 14.6 Å². The van der Waals surface area contributed by atoms with Crippen LogP contribution in [0.15, 0.2) is 24.0 Å². The third-order valence-corrected chi connectivity index (χ3v) is 6.85. The molecule has 11 nitrogen and oxygen atoms in total. The maximum atomic E-state index is 13.0. The molecule has 12 heteroatoms. The molecule has 0 spiro atoms. The molecule has 1 atom stereocenters. The second-order valence-corrected chi connectivity index (χ2v) is 9.84. The standard InChI is InChI=1S/C23H25ClN10O/c24-19-18-20(27-15-2-1-7-33(11-15)22(35)14(9-25)8-13-3-4-13)29-23(30-21(18)32-31-19)28-16-10-26-34(12-16)17-5-6-17/h8,10,12-13,15,17H,1-7,11H2,(H3,27,28,29,30,31,32)/b14-8+/t15-/m1/s1. The summed E-state index contributed by atoms with van der Waals surface area (Å²) in [6.45, 7) is 1.10. The molecule has 3 aromatic heterocycles. The first-order valence-corrected chi connectivity index (χ1v) is 12.4. The van der Waals surface area contributed by atoms with Gasteiger partial charge in [0.05, 0.1) is 17.9 Å². The van der Waals surface area contributed by atoms with Crippen molar-refractivity contribution in [2.45, 2.75) is 50.6 Å². The number of hydrogen-bond donors (Lipinski definition) is 3. The topological polar surface area (TPSA) is 140 Å². The van der Waals surface area contributed by atoms with Gasteiger partial charge in [-0.1, -0.05) is 17.7 Å². The number of halogens is 1. The van der Waals surface area contributed by atoms with Crippen LogP contribution in [0.3, 0.4) is 0 Å². The zero-order chi connectivity index (χ0) is 23.9. The van der Waals surface area contributed by atoms with Crippen LogP contribution in [0.4, 0.5) is 17.5 Å². The van der Waals surface area contributed by atoms with Gasteiger partial charge in [0.25, 0.3) is 5.91 Å². The number of aromatic amines is 1. The number of hydrogen-bond acceptors (Lipinski definition) is 8. The summed E-state index contributed by atoms with van der Waals surface area (Å²) in [6.07, 6.45) is 11.6. The number of anilines is 3. The number of nitriles is 1. The zero-order valence-electron chi connectivity index (χ0n) is 19.0. The minimum Gasteiger partial charge on any atom is -0.365 e. The van der Waals surface area contributed by atoms with E-state index in [1.807, 2.05) is 17.0 Å². The first-order chi connectivity index (χ1) is 17.1. The van der Waals surface area contributed by atoms with Crippen LogP contribution in [0.1, 0.15) is 44.6 Å². The summed E-state index contributed by atoms with van der Waals surface area (Å²) >= 11 is 6.37. The van der Waals surface area contributed by atoms with Gasteiger partial charge in [0, 0.05) is 25.3 Å². The molecular weight excluding hydrogens is 468 g/mol. The Morgan fingerprint density at radius 2 is 2.11 bits per heavy atom. The Hall–Kier alpha value is -3.65. The summed E-state index contributed by atoms with van der Waals surface area (Å²) < 4.78 is 1.95. The number of amides is 1. The first-order valence-electron chi connectivity index (χ1n) is 12.0. The summed E-state index contributed by atoms with van der Waals surface area (Å²) in [5.41, 5.74) is 1.48. The average molecular weight is 493 g/mol. The molecule has 180 valence electrons. The second-order valence-electron chi connectivity index (χ2n) is 9.46. The minimum absolute atomic E-state index is 0.0527. The third-order valence-electron chi connectivity index (χ3n) is 6.57. The van der Waals surface area contributed by atoms with Crippen LogP contribution in [-0.4, -0.2) is 59.9 Å². The molecule has 3 aromatic rings. The molecule has 0 unspecified atom stereocenters. The van der Waals surface area contributed by atoms with E-state index < -0.39 is 0 Å². The van der Waals surface area contributed by atoms with E-state index in [4.69, 9.17) is 11.6 Å². The van der Waals surface area contributed by atoms with Gasteiger partial charge in [0.1, 0.15) is 28.0 Å². The summed E-state index contributed by atoms with van der Waals surface area (Å²) in [7, 11) is 0. The molecule has 4 heterocycles. The van der Waals surface area contributed by atoms with Crippen molar-refractivity contribution in [1.29, 1.82) is 5.26 Å². The largest absolute Gasteiger partial charge is 0.365 e. The van der Waals surface area contributed by atoms with Crippen LogP contribution in [0.25, 0.3) is 11.0 Å². The lowest BCUT2D eigenvalue weighted by Gasteiger charge is -2.33. The molecule has 1 amide bonds. The van der Waals surface area contributed by atoms with Crippen molar-refractivity contribution in [2.75, 3.05) is 23.7 Å². The van der Waals surface area contributed by atoms with Gasteiger partial charge in [0.15, 0.2) is 5.65 Å². The van der Waals surface area contributed by atoms with E-state index in [9.17, 15) is 10.1 Å². The fraction of sp³-hybridized carbons (Fsp3) is 0.478. The van der Waals surface area contributed by atoms with Gasteiger partial charge in [-0.2, -0.15) is 25.4 Å². The van der Waals surface area contributed by atoms with E-state index in [-0.39, 0.29) is 17.5 Å². The highest BCUT2D eigenvalue weighted by atomic mass is 35.5. The number of nitrogens with zero attached hydrogens (tertiary/aromatic N) is 7. The number of carbonyl (C=O) groups is 1. The minimum atomic E-state index is -0.199. The van der Waals surface area contributed by atoms with Gasteiger partial charge in [0.2, 0.25) is 5.95 Å². The maximum absolute atomic E-state index is 13.0. The fourth-order valence-electron chi connectivity index (χ4n) is 4.42.